The second kappa shape index (κ2) is 6.65. The Morgan fingerprint density at radius 2 is 1.96 bits per heavy atom. The Bertz CT molecular complexity index is 1170. The zero-order chi connectivity index (χ0) is 19.8. The first-order valence-electron chi connectivity index (χ1n) is 8.46. The van der Waals surface area contributed by atoms with Gasteiger partial charge in [0.25, 0.3) is 0 Å². The molecule has 1 atom stereocenters. The third kappa shape index (κ3) is 2.90. The molecular weight excluding hydrogens is 361 g/mol. The molecule has 0 amide bonds. The fourth-order valence-electron chi connectivity index (χ4n) is 3.04. The molecule has 4 rings (SSSR count). The molecular formula is C18H18FN9. The second-order valence-corrected chi connectivity index (χ2v) is 6.27. The molecule has 9 nitrogen and oxygen atoms in total. The van der Waals surface area contributed by atoms with Gasteiger partial charge in [-0.3, -0.25) is 9.55 Å². The van der Waals surface area contributed by atoms with Crippen molar-refractivity contribution >= 4 is 34.0 Å². The van der Waals surface area contributed by atoms with Crippen molar-refractivity contribution in [2.24, 2.45) is 0 Å². The summed E-state index contributed by atoms with van der Waals surface area (Å²) >= 11 is 0. The van der Waals surface area contributed by atoms with Gasteiger partial charge in [-0.1, -0.05) is 6.07 Å². The number of para-hydroxylation sites is 1. The van der Waals surface area contributed by atoms with Gasteiger partial charge in [-0.2, -0.15) is 0 Å². The highest BCUT2D eigenvalue weighted by Gasteiger charge is 2.21. The van der Waals surface area contributed by atoms with E-state index in [1.165, 1.54) is 12.4 Å². The standard InChI is InChI=1S/C18H18FN9/c1-9(26-17-14(21)16(22)24-8-25-17)18-27-13-4-2-3-12(20)15(13)28(18)11-5-10(19)6-23-7-11/h2-9H,20-21H2,1H3,(H3,22,24,25,26)/t9-/m1/s1. The second-order valence-electron chi connectivity index (χ2n) is 6.27. The number of hydrogen-bond donors (Lipinski definition) is 4. The van der Waals surface area contributed by atoms with E-state index in [1.807, 2.05) is 19.1 Å². The summed E-state index contributed by atoms with van der Waals surface area (Å²) in [6.07, 6.45) is 4.00. The lowest BCUT2D eigenvalue weighted by molar-refractivity contribution is 0.619. The molecule has 0 unspecified atom stereocenters. The highest BCUT2D eigenvalue weighted by atomic mass is 19.1. The van der Waals surface area contributed by atoms with Gasteiger partial charge in [-0.15, -0.1) is 0 Å². The van der Waals surface area contributed by atoms with Gasteiger partial charge in [0.15, 0.2) is 11.6 Å². The average Bonchev–Trinajstić information content (AvgIpc) is 3.06. The van der Waals surface area contributed by atoms with Crippen LogP contribution in [0.5, 0.6) is 0 Å². The number of nitrogens with two attached hydrogens (primary N) is 3. The first-order valence-corrected chi connectivity index (χ1v) is 8.46. The summed E-state index contributed by atoms with van der Waals surface area (Å²) in [5.41, 5.74) is 20.5. The Morgan fingerprint density at radius 3 is 2.75 bits per heavy atom. The summed E-state index contributed by atoms with van der Waals surface area (Å²) in [5.74, 6) is 0.672. The number of nitrogens with one attached hydrogen (secondary N) is 1. The Kier molecular flexibility index (Phi) is 4.15. The van der Waals surface area contributed by atoms with Crippen LogP contribution in [0.15, 0.2) is 43.0 Å². The van der Waals surface area contributed by atoms with E-state index in [0.29, 0.717) is 34.1 Å². The zero-order valence-electron chi connectivity index (χ0n) is 15.0. The van der Waals surface area contributed by atoms with Gasteiger partial charge >= 0.3 is 0 Å². The highest BCUT2D eigenvalue weighted by molar-refractivity contribution is 5.89. The fraction of sp³-hybridized carbons (Fsp3) is 0.111. The van der Waals surface area contributed by atoms with Crippen molar-refractivity contribution < 1.29 is 4.39 Å². The van der Waals surface area contributed by atoms with Crippen LogP contribution in [-0.2, 0) is 0 Å². The first kappa shape index (κ1) is 17.5. The number of hydrogen-bond acceptors (Lipinski definition) is 8. The van der Waals surface area contributed by atoms with Crippen molar-refractivity contribution in [1.29, 1.82) is 0 Å². The van der Waals surface area contributed by atoms with E-state index >= 15 is 0 Å². The van der Waals surface area contributed by atoms with Gasteiger partial charge in [0.2, 0.25) is 0 Å². The van der Waals surface area contributed by atoms with Gasteiger partial charge in [0, 0.05) is 6.07 Å². The van der Waals surface area contributed by atoms with E-state index in [9.17, 15) is 4.39 Å². The Labute approximate surface area is 159 Å². The van der Waals surface area contributed by atoms with Gasteiger partial charge < -0.3 is 22.5 Å². The van der Waals surface area contributed by atoms with Crippen LogP contribution in [-0.4, -0.2) is 24.5 Å². The smallest absolute Gasteiger partial charge is 0.155 e. The van der Waals surface area contributed by atoms with Crippen LogP contribution in [0.1, 0.15) is 18.8 Å². The number of aromatic nitrogens is 5. The minimum atomic E-state index is -0.465. The molecule has 0 radical (unpaired) electrons. The van der Waals surface area contributed by atoms with Crippen LogP contribution in [0.4, 0.5) is 27.4 Å². The van der Waals surface area contributed by atoms with Crippen LogP contribution >= 0.6 is 0 Å². The molecule has 0 saturated carbocycles. The zero-order valence-corrected chi connectivity index (χ0v) is 15.0. The Balaban J connectivity index is 1.88. The van der Waals surface area contributed by atoms with E-state index in [4.69, 9.17) is 17.2 Å². The number of pyridine rings is 1. The number of nitrogens with zero attached hydrogens (tertiary/aromatic N) is 5. The minimum absolute atomic E-state index is 0.178. The van der Waals surface area contributed by atoms with Crippen molar-refractivity contribution in [1.82, 2.24) is 24.5 Å². The van der Waals surface area contributed by atoms with Crippen molar-refractivity contribution in [3.63, 3.8) is 0 Å². The van der Waals surface area contributed by atoms with Crippen LogP contribution in [0.2, 0.25) is 0 Å². The molecule has 4 aromatic rings. The molecule has 1 aromatic carbocycles. The summed E-state index contributed by atoms with van der Waals surface area (Å²) in [6.45, 7) is 1.87. The number of nitrogen functional groups attached to an aromatic ring is 3. The highest BCUT2D eigenvalue weighted by Crippen LogP contribution is 2.31. The third-order valence-electron chi connectivity index (χ3n) is 4.34. The normalized spacial score (nSPS) is 12.2. The van der Waals surface area contributed by atoms with Gasteiger partial charge in [0.05, 0.1) is 40.8 Å². The molecule has 3 aromatic heterocycles. The molecule has 3 heterocycles. The lowest BCUT2D eigenvalue weighted by Crippen LogP contribution is -2.16. The molecule has 0 spiro atoms. The van der Waals surface area contributed by atoms with Crippen LogP contribution in [0.25, 0.3) is 16.7 Å². The SMILES string of the molecule is C[C@@H](Nc1ncnc(N)c1N)c1nc2cccc(N)c2n1-c1cncc(F)c1. The van der Waals surface area contributed by atoms with E-state index < -0.39 is 5.82 Å². The molecule has 142 valence electrons. The van der Waals surface area contributed by atoms with Gasteiger partial charge in [-0.25, -0.2) is 19.3 Å². The molecule has 28 heavy (non-hydrogen) atoms. The van der Waals surface area contributed by atoms with Gasteiger partial charge in [0.1, 0.15) is 23.7 Å². The van der Waals surface area contributed by atoms with Crippen molar-refractivity contribution in [3.8, 4) is 5.69 Å². The van der Waals surface area contributed by atoms with Crippen LogP contribution in [0.3, 0.4) is 0 Å². The molecule has 0 aliphatic heterocycles. The molecule has 0 aliphatic rings. The Morgan fingerprint density at radius 1 is 1.14 bits per heavy atom. The van der Waals surface area contributed by atoms with E-state index in [0.717, 1.165) is 6.20 Å². The monoisotopic (exact) mass is 379 g/mol. The van der Waals surface area contributed by atoms with Crippen LogP contribution in [0, 0.1) is 5.82 Å². The summed E-state index contributed by atoms with van der Waals surface area (Å²) in [7, 11) is 0. The van der Waals surface area contributed by atoms with E-state index in [-0.39, 0.29) is 17.5 Å². The quantitative estimate of drug-likeness (QED) is 0.395. The Hall–Kier alpha value is -3.95. The molecule has 0 aliphatic carbocycles. The maximum absolute atomic E-state index is 13.8. The average molecular weight is 379 g/mol. The predicted octanol–water partition coefficient (Wildman–Crippen LogP) is 2.27. The number of imidazole rings is 1. The van der Waals surface area contributed by atoms with Crippen molar-refractivity contribution in [2.75, 3.05) is 22.5 Å². The number of anilines is 4. The van der Waals surface area contributed by atoms with Crippen LogP contribution < -0.4 is 22.5 Å². The predicted molar refractivity (Wildman–Crippen MR) is 106 cm³/mol. The van der Waals surface area contributed by atoms with Gasteiger partial charge in [-0.05, 0) is 19.1 Å². The molecule has 10 heteroatoms. The topological polar surface area (TPSA) is 147 Å². The summed E-state index contributed by atoms with van der Waals surface area (Å²) in [4.78, 5) is 16.6. The first-order chi connectivity index (χ1) is 13.5. The van der Waals surface area contributed by atoms with Crippen molar-refractivity contribution in [2.45, 2.75) is 13.0 Å². The third-order valence-corrected chi connectivity index (χ3v) is 4.34. The summed E-state index contributed by atoms with van der Waals surface area (Å²) < 4.78 is 15.6. The fourth-order valence-corrected chi connectivity index (χ4v) is 3.04. The maximum Gasteiger partial charge on any atom is 0.155 e. The van der Waals surface area contributed by atoms with Crippen molar-refractivity contribution in [3.05, 3.63) is 54.6 Å². The molecule has 0 fully saturated rings. The number of fused-ring (bicyclic) bond motifs is 1. The summed E-state index contributed by atoms with van der Waals surface area (Å²) in [5, 5.41) is 3.18. The summed E-state index contributed by atoms with van der Waals surface area (Å²) in [6, 6.07) is 6.41. The molecule has 0 saturated heterocycles. The molecule has 0 bridgehead atoms. The lowest BCUT2D eigenvalue weighted by atomic mass is 10.2. The maximum atomic E-state index is 13.8. The number of halogens is 1. The van der Waals surface area contributed by atoms with E-state index in [2.05, 4.69) is 25.3 Å². The van der Waals surface area contributed by atoms with E-state index in [1.54, 1.807) is 16.8 Å². The minimum Gasteiger partial charge on any atom is -0.397 e. The number of benzene rings is 1. The number of rotatable bonds is 4. The molecule has 7 N–H and O–H groups in total. The lowest BCUT2D eigenvalue weighted by Gasteiger charge is -2.18. The largest absolute Gasteiger partial charge is 0.397 e.